The minimum absolute atomic E-state index is 0.238. The highest BCUT2D eigenvalue weighted by atomic mass is 35.5. The van der Waals surface area contributed by atoms with Crippen molar-refractivity contribution in [3.8, 4) is 0 Å². The van der Waals surface area contributed by atoms with Gasteiger partial charge in [-0.3, -0.25) is 0 Å². The van der Waals surface area contributed by atoms with Gasteiger partial charge in [0.1, 0.15) is 11.5 Å². The van der Waals surface area contributed by atoms with E-state index in [9.17, 15) is 0 Å². The van der Waals surface area contributed by atoms with Gasteiger partial charge in [-0.1, -0.05) is 36.7 Å². The van der Waals surface area contributed by atoms with Crippen LogP contribution in [-0.2, 0) is 6.42 Å². The minimum atomic E-state index is 0.238. The normalized spacial score (nSPS) is 12.6. The highest BCUT2D eigenvalue weighted by Crippen LogP contribution is 2.27. The summed E-state index contributed by atoms with van der Waals surface area (Å²) >= 11 is 6.25. The second-order valence-corrected chi connectivity index (χ2v) is 5.18. The number of furan rings is 1. The zero-order chi connectivity index (χ0) is 13.8. The predicted octanol–water partition coefficient (Wildman–Crippen LogP) is 4.44. The van der Waals surface area contributed by atoms with E-state index in [2.05, 4.69) is 24.4 Å². The summed E-state index contributed by atoms with van der Waals surface area (Å²) in [5.41, 5.74) is 2.38. The van der Waals surface area contributed by atoms with Crippen LogP contribution in [0, 0.1) is 13.8 Å². The van der Waals surface area contributed by atoms with E-state index in [0.717, 1.165) is 35.1 Å². The molecule has 0 radical (unpaired) electrons. The molecule has 2 rings (SSSR count). The van der Waals surface area contributed by atoms with Crippen LogP contribution in [0.2, 0.25) is 5.02 Å². The molecule has 3 heteroatoms. The van der Waals surface area contributed by atoms with Crippen molar-refractivity contribution >= 4 is 11.6 Å². The number of benzene rings is 1. The van der Waals surface area contributed by atoms with Gasteiger partial charge in [-0.05, 0) is 44.5 Å². The van der Waals surface area contributed by atoms with Gasteiger partial charge in [0.15, 0.2) is 0 Å². The molecule has 1 aromatic carbocycles. The molecule has 0 saturated heterocycles. The zero-order valence-electron chi connectivity index (χ0n) is 11.7. The van der Waals surface area contributed by atoms with Crippen LogP contribution in [0.4, 0.5) is 0 Å². The van der Waals surface area contributed by atoms with E-state index in [0.29, 0.717) is 0 Å². The fourth-order valence-electron chi connectivity index (χ4n) is 2.42. The molecule has 2 aromatic rings. The zero-order valence-corrected chi connectivity index (χ0v) is 12.4. The quantitative estimate of drug-likeness (QED) is 0.874. The fraction of sp³-hybridized carbons (Fsp3) is 0.375. The summed E-state index contributed by atoms with van der Waals surface area (Å²) in [7, 11) is 0. The van der Waals surface area contributed by atoms with Gasteiger partial charge in [-0.15, -0.1) is 0 Å². The Kier molecular flexibility index (Phi) is 4.67. The van der Waals surface area contributed by atoms with Gasteiger partial charge in [0, 0.05) is 16.6 Å². The number of halogens is 1. The van der Waals surface area contributed by atoms with Crippen LogP contribution in [-0.4, -0.2) is 6.54 Å². The molecule has 0 spiro atoms. The molecule has 0 aliphatic carbocycles. The van der Waals surface area contributed by atoms with Crippen molar-refractivity contribution in [1.82, 2.24) is 5.32 Å². The molecule has 1 heterocycles. The van der Waals surface area contributed by atoms with Crippen molar-refractivity contribution in [2.45, 2.75) is 33.2 Å². The van der Waals surface area contributed by atoms with E-state index in [1.807, 2.05) is 32.0 Å². The molecule has 0 amide bonds. The number of likely N-dealkylation sites (N-methyl/N-ethyl adjacent to an activating group) is 1. The summed E-state index contributed by atoms with van der Waals surface area (Å²) in [6, 6.07) is 10.4. The van der Waals surface area contributed by atoms with Gasteiger partial charge in [0.2, 0.25) is 0 Å². The SMILES string of the molecule is CCNC(Cc1ccccc1Cl)c1cc(C)oc1C. The van der Waals surface area contributed by atoms with Crippen LogP contribution < -0.4 is 5.32 Å². The predicted molar refractivity (Wildman–Crippen MR) is 79.8 cm³/mol. The van der Waals surface area contributed by atoms with Crippen LogP contribution in [0.25, 0.3) is 0 Å². The molecule has 2 nitrogen and oxygen atoms in total. The van der Waals surface area contributed by atoms with Crippen LogP contribution in [0.1, 0.15) is 35.6 Å². The lowest BCUT2D eigenvalue weighted by molar-refractivity contribution is 0.484. The lowest BCUT2D eigenvalue weighted by Gasteiger charge is -2.18. The minimum Gasteiger partial charge on any atom is -0.466 e. The van der Waals surface area contributed by atoms with Crippen molar-refractivity contribution in [3.63, 3.8) is 0 Å². The van der Waals surface area contributed by atoms with Gasteiger partial charge < -0.3 is 9.73 Å². The number of rotatable bonds is 5. The first kappa shape index (κ1) is 14.2. The van der Waals surface area contributed by atoms with Crippen LogP contribution in [0.15, 0.2) is 34.7 Å². The molecule has 102 valence electrons. The van der Waals surface area contributed by atoms with E-state index in [4.69, 9.17) is 16.0 Å². The second kappa shape index (κ2) is 6.27. The van der Waals surface area contributed by atoms with Crippen LogP contribution in [0.5, 0.6) is 0 Å². The first-order chi connectivity index (χ1) is 9.11. The van der Waals surface area contributed by atoms with Crippen LogP contribution >= 0.6 is 11.6 Å². The van der Waals surface area contributed by atoms with Crippen molar-refractivity contribution in [1.29, 1.82) is 0 Å². The third-order valence-electron chi connectivity index (χ3n) is 3.29. The number of nitrogens with one attached hydrogen (secondary N) is 1. The molecule has 0 aliphatic heterocycles. The van der Waals surface area contributed by atoms with Crippen molar-refractivity contribution in [3.05, 3.63) is 58.0 Å². The Balaban J connectivity index is 2.26. The van der Waals surface area contributed by atoms with Crippen molar-refractivity contribution in [2.24, 2.45) is 0 Å². The summed E-state index contributed by atoms with van der Waals surface area (Å²) < 4.78 is 5.64. The van der Waals surface area contributed by atoms with Gasteiger partial charge in [-0.25, -0.2) is 0 Å². The number of hydrogen-bond acceptors (Lipinski definition) is 2. The second-order valence-electron chi connectivity index (χ2n) is 4.77. The lowest BCUT2D eigenvalue weighted by atomic mass is 9.99. The third-order valence-corrected chi connectivity index (χ3v) is 3.66. The molecule has 1 aromatic heterocycles. The third kappa shape index (κ3) is 3.40. The summed E-state index contributed by atoms with van der Waals surface area (Å²) in [5, 5.41) is 4.33. The molecule has 0 aliphatic rings. The van der Waals surface area contributed by atoms with E-state index in [1.165, 1.54) is 5.56 Å². The van der Waals surface area contributed by atoms with Gasteiger partial charge in [-0.2, -0.15) is 0 Å². The van der Waals surface area contributed by atoms with E-state index in [1.54, 1.807) is 0 Å². The first-order valence-electron chi connectivity index (χ1n) is 6.65. The fourth-order valence-corrected chi connectivity index (χ4v) is 2.63. The molecule has 1 unspecified atom stereocenters. The summed E-state index contributed by atoms with van der Waals surface area (Å²) in [6.45, 7) is 7.02. The molecule has 19 heavy (non-hydrogen) atoms. The van der Waals surface area contributed by atoms with E-state index >= 15 is 0 Å². The number of hydrogen-bond donors (Lipinski definition) is 1. The average Bonchev–Trinajstić information content (AvgIpc) is 2.70. The highest BCUT2D eigenvalue weighted by Gasteiger charge is 2.17. The Morgan fingerprint density at radius 2 is 2.00 bits per heavy atom. The maximum absolute atomic E-state index is 6.25. The highest BCUT2D eigenvalue weighted by molar-refractivity contribution is 6.31. The Bertz CT molecular complexity index is 547. The van der Waals surface area contributed by atoms with E-state index in [-0.39, 0.29) is 6.04 Å². The van der Waals surface area contributed by atoms with Crippen molar-refractivity contribution < 1.29 is 4.42 Å². The summed E-state index contributed by atoms with van der Waals surface area (Å²) in [4.78, 5) is 0. The molecular formula is C16H20ClNO. The summed E-state index contributed by atoms with van der Waals surface area (Å²) in [6.07, 6.45) is 0.868. The standard InChI is InChI=1S/C16H20ClNO/c1-4-18-16(14-9-11(2)19-12(14)3)10-13-7-5-6-8-15(13)17/h5-9,16,18H,4,10H2,1-3H3. The Morgan fingerprint density at radius 1 is 1.26 bits per heavy atom. The Labute approximate surface area is 119 Å². The average molecular weight is 278 g/mol. The smallest absolute Gasteiger partial charge is 0.105 e. The Morgan fingerprint density at radius 3 is 2.58 bits per heavy atom. The Hall–Kier alpha value is -1.25. The first-order valence-corrected chi connectivity index (χ1v) is 7.03. The lowest BCUT2D eigenvalue weighted by Crippen LogP contribution is -2.23. The molecule has 1 atom stereocenters. The molecule has 1 N–H and O–H groups in total. The van der Waals surface area contributed by atoms with Gasteiger partial charge in [0.05, 0.1) is 0 Å². The molecular weight excluding hydrogens is 258 g/mol. The number of aryl methyl sites for hydroxylation is 2. The van der Waals surface area contributed by atoms with Gasteiger partial charge >= 0.3 is 0 Å². The van der Waals surface area contributed by atoms with Crippen LogP contribution in [0.3, 0.4) is 0 Å². The largest absolute Gasteiger partial charge is 0.466 e. The molecule has 0 fully saturated rings. The molecule has 0 saturated carbocycles. The van der Waals surface area contributed by atoms with E-state index < -0.39 is 0 Å². The topological polar surface area (TPSA) is 25.2 Å². The maximum atomic E-state index is 6.25. The summed E-state index contributed by atoms with van der Waals surface area (Å²) in [5.74, 6) is 1.94. The molecule has 0 bridgehead atoms. The monoisotopic (exact) mass is 277 g/mol. The maximum Gasteiger partial charge on any atom is 0.105 e. The van der Waals surface area contributed by atoms with Crippen molar-refractivity contribution in [2.75, 3.05) is 6.54 Å². The van der Waals surface area contributed by atoms with Gasteiger partial charge in [0.25, 0.3) is 0 Å².